The molecule has 2 amide bonds. The van der Waals surface area contributed by atoms with Crippen molar-refractivity contribution in [1.82, 2.24) is 20.0 Å². The number of amides is 2. The lowest BCUT2D eigenvalue weighted by molar-refractivity contribution is -0.137. The third-order valence-corrected chi connectivity index (χ3v) is 4.76. The van der Waals surface area contributed by atoms with E-state index in [-0.39, 0.29) is 23.8 Å². The largest absolute Gasteiger partial charge is 0.351 e. The third kappa shape index (κ3) is 2.32. The number of nitrogens with one attached hydrogen (secondary N) is 1. The van der Waals surface area contributed by atoms with Crippen LogP contribution in [0, 0.1) is 11.8 Å². The Morgan fingerprint density at radius 2 is 2.14 bits per heavy atom. The summed E-state index contributed by atoms with van der Waals surface area (Å²) >= 11 is 0. The van der Waals surface area contributed by atoms with Crippen molar-refractivity contribution in [3.63, 3.8) is 0 Å². The topological polar surface area (TPSA) is 67.2 Å². The van der Waals surface area contributed by atoms with Gasteiger partial charge in [0.15, 0.2) is 0 Å². The second-order valence-corrected chi connectivity index (χ2v) is 6.60. The maximum Gasteiger partial charge on any atom is 0.246 e. The van der Waals surface area contributed by atoms with Crippen LogP contribution in [0.3, 0.4) is 0 Å². The molecule has 2 fully saturated rings. The Kier molecular flexibility index (Phi) is 2.80. The minimum Gasteiger partial charge on any atom is -0.351 e. The summed E-state index contributed by atoms with van der Waals surface area (Å²) in [5.74, 6) is 0.831. The van der Waals surface area contributed by atoms with Crippen molar-refractivity contribution in [2.75, 3.05) is 6.54 Å². The van der Waals surface area contributed by atoms with E-state index in [1.54, 1.807) is 10.9 Å². The van der Waals surface area contributed by atoms with E-state index in [2.05, 4.69) is 17.3 Å². The van der Waals surface area contributed by atoms with Crippen molar-refractivity contribution in [2.45, 2.75) is 44.8 Å². The second-order valence-electron chi connectivity index (χ2n) is 6.60. The highest BCUT2D eigenvalue weighted by Gasteiger charge is 2.44. The predicted molar refractivity (Wildman–Crippen MR) is 75.1 cm³/mol. The summed E-state index contributed by atoms with van der Waals surface area (Å²) < 4.78 is 1.78. The zero-order valence-electron chi connectivity index (χ0n) is 12.2. The normalized spacial score (nSPS) is 30.7. The Hall–Kier alpha value is -1.85. The monoisotopic (exact) mass is 288 g/mol. The molecule has 3 aliphatic rings. The predicted octanol–water partition coefficient (Wildman–Crippen LogP) is 0.701. The summed E-state index contributed by atoms with van der Waals surface area (Å²) in [6.45, 7) is 3.11. The van der Waals surface area contributed by atoms with Crippen molar-refractivity contribution in [1.29, 1.82) is 0 Å². The zero-order chi connectivity index (χ0) is 14.6. The Morgan fingerprint density at radius 1 is 1.38 bits per heavy atom. The Balaban J connectivity index is 1.54. The summed E-state index contributed by atoms with van der Waals surface area (Å²) in [4.78, 5) is 26.7. The lowest BCUT2D eigenvalue weighted by atomic mass is 10.1. The molecule has 6 nitrogen and oxygen atoms in total. The van der Waals surface area contributed by atoms with Gasteiger partial charge in [0.1, 0.15) is 6.04 Å². The third-order valence-electron chi connectivity index (χ3n) is 4.76. The maximum atomic E-state index is 12.5. The average Bonchev–Trinajstić information content (AvgIpc) is 3.37. The van der Waals surface area contributed by atoms with E-state index in [1.807, 2.05) is 11.0 Å². The highest BCUT2D eigenvalue weighted by atomic mass is 16.2. The van der Waals surface area contributed by atoms with Crippen LogP contribution in [0.5, 0.6) is 0 Å². The van der Waals surface area contributed by atoms with E-state index in [1.165, 1.54) is 0 Å². The van der Waals surface area contributed by atoms with Crippen LogP contribution in [0.25, 0.3) is 0 Å². The molecule has 0 spiro atoms. The van der Waals surface area contributed by atoms with Crippen molar-refractivity contribution in [3.8, 4) is 0 Å². The number of hydrogen-bond donors (Lipinski definition) is 1. The van der Waals surface area contributed by atoms with E-state index in [4.69, 9.17) is 0 Å². The molecule has 6 heteroatoms. The molecule has 2 heterocycles. The summed E-state index contributed by atoms with van der Waals surface area (Å²) in [7, 11) is 0. The van der Waals surface area contributed by atoms with Gasteiger partial charge in [-0.25, -0.2) is 0 Å². The van der Waals surface area contributed by atoms with Gasteiger partial charge in [-0.1, -0.05) is 6.92 Å². The molecule has 1 N–H and O–H groups in total. The van der Waals surface area contributed by atoms with E-state index in [0.29, 0.717) is 25.0 Å². The van der Waals surface area contributed by atoms with E-state index >= 15 is 0 Å². The van der Waals surface area contributed by atoms with Crippen LogP contribution in [0.4, 0.5) is 0 Å². The van der Waals surface area contributed by atoms with E-state index in [0.717, 1.165) is 25.0 Å². The first-order valence-electron chi connectivity index (χ1n) is 7.75. The molecular weight excluding hydrogens is 268 g/mol. The van der Waals surface area contributed by atoms with Crippen molar-refractivity contribution in [3.05, 3.63) is 18.0 Å². The lowest BCUT2D eigenvalue weighted by Gasteiger charge is -2.33. The van der Waals surface area contributed by atoms with E-state index < -0.39 is 0 Å². The Labute approximate surface area is 123 Å². The number of nitrogens with zero attached hydrogens (tertiary/aromatic N) is 3. The highest BCUT2D eigenvalue weighted by molar-refractivity contribution is 5.85. The second kappa shape index (κ2) is 4.58. The standard InChI is InChI=1S/C15H20N4O2/c1-9-6-12(9)15(21)18-7-11-4-5-16-19(11)13(8-18)14(20)17-10-2-3-10/h4-5,9-10,12-13H,2-3,6-8H2,1H3,(H,17,20)/t9-,12-,13-/m1/s1. The lowest BCUT2D eigenvalue weighted by Crippen LogP contribution is -2.48. The van der Waals surface area contributed by atoms with Crippen LogP contribution in [-0.2, 0) is 16.1 Å². The maximum absolute atomic E-state index is 12.5. The number of carbonyl (C=O) groups is 2. The molecule has 0 radical (unpaired) electrons. The smallest absolute Gasteiger partial charge is 0.246 e. The Bertz CT molecular complexity index is 592. The van der Waals surface area contributed by atoms with Crippen molar-refractivity contribution >= 4 is 11.8 Å². The molecule has 1 aliphatic heterocycles. The Morgan fingerprint density at radius 3 is 2.81 bits per heavy atom. The molecule has 1 aromatic heterocycles. The molecule has 0 bridgehead atoms. The molecule has 3 atom stereocenters. The van der Waals surface area contributed by atoms with E-state index in [9.17, 15) is 9.59 Å². The molecule has 2 saturated carbocycles. The van der Waals surface area contributed by atoms with Gasteiger partial charge < -0.3 is 10.2 Å². The van der Waals surface area contributed by atoms with Crippen molar-refractivity contribution in [2.24, 2.45) is 11.8 Å². The first kappa shape index (κ1) is 12.9. The molecule has 1 aromatic rings. The molecule has 0 aromatic carbocycles. The minimum atomic E-state index is -0.387. The molecule has 0 saturated heterocycles. The average molecular weight is 288 g/mol. The molecular formula is C15H20N4O2. The number of rotatable bonds is 3. The molecule has 21 heavy (non-hydrogen) atoms. The number of carbonyl (C=O) groups excluding carboxylic acids is 2. The molecule has 112 valence electrons. The first-order chi connectivity index (χ1) is 10.1. The van der Waals surface area contributed by atoms with Crippen LogP contribution in [0.2, 0.25) is 0 Å². The minimum absolute atomic E-state index is 0.0104. The van der Waals surface area contributed by atoms with Gasteiger partial charge in [-0.3, -0.25) is 14.3 Å². The number of hydrogen-bond acceptors (Lipinski definition) is 3. The van der Waals surface area contributed by atoms with Gasteiger partial charge in [0.2, 0.25) is 11.8 Å². The summed E-state index contributed by atoms with van der Waals surface area (Å²) in [6, 6.07) is 1.83. The quantitative estimate of drug-likeness (QED) is 0.890. The molecule has 0 unspecified atom stereocenters. The van der Waals surface area contributed by atoms with Crippen LogP contribution in [-0.4, -0.2) is 39.1 Å². The SMILES string of the molecule is C[C@@H]1C[C@H]1C(=O)N1Cc2ccnn2[C@@H](C(=O)NC2CC2)C1. The van der Waals surface area contributed by atoms with Crippen LogP contribution in [0.1, 0.15) is 37.9 Å². The number of fused-ring (bicyclic) bond motifs is 1. The van der Waals surface area contributed by atoms with Gasteiger partial charge in [0.05, 0.1) is 18.8 Å². The first-order valence-corrected chi connectivity index (χ1v) is 7.75. The summed E-state index contributed by atoms with van der Waals surface area (Å²) in [5, 5.41) is 7.30. The summed E-state index contributed by atoms with van der Waals surface area (Å²) in [5.41, 5.74) is 0.943. The molecule has 2 aliphatic carbocycles. The van der Waals surface area contributed by atoms with Gasteiger partial charge in [0, 0.05) is 18.2 Å². The zero-order valence-corrected chi connectivity index (χ0v) is 12.2. The van der Waals surface area contributed by atoms with Gasteiger partial charge in [-0.05, 0) is 31.2 Å². The fourth-order valence-electron chi connectivity index (χ4n) is 3.08. The summed E-state index contributed by atoms with van der Waals surface area (Å²) in [6.07, 6.45) is 4.81. The van der Waals surface area contributed by atoms with Crippen LogP contribution < -0.4 is 5.32 Å². The molecule has 4 rings (SSSR count). The van der Waals surface area contributed by atoms with Crippen LogP contribution in [0.15, 0.2) is 12.3 Å². The highest BCUT2D eigenvalue weighted by Crippen LogP contribution is 2.40. The fourth-order valence-corrected chi connectivity index (χ4v) is 3.08. The fraction of sp³-hybridized carbons (Fsp3) is 0.667. The number of aromatic nitrogens is 2. The van der Waals surface area contributed by atoms with Crippen LogP contribution >= 0.6 is 0 Å². The van der Waals surface area contributed by atoms with Crippen molar-refractivity contribution < 1.29 is 9.59 Å². The van der Waals surface area contributed by atoms with Gasteiger partial charge in [-0.2, -0.15) is 5.10 Å². The van der Waals surface area contributed by atoms with Gasteiger partial charge >= 0.3 is 0 Å². The van der Waals surface area contributed by atoms with Gasteiger partial charge in [0.25, 0.3) is 0 Å². The van der Waals surface area contributed by atoms with Gasteiger partial charge in [-0.15, -0.1) is 0 Å².